The Morgan fingerprint density at radius 3 is 1.09 bits per heavy atom. The molecule has 4 aromatic heterocycles. The summed E-state index contributed by atoms with van der Waals surface area (Å²) in [5.74, 6) is -0.580. The molecule has 6 nitrogen and oxygen atoms in total. The molecule has 15 aromatic carbocycles. The number of rotatable bonds is 8. The number of furan rings is 1. The van der Waals surface area contributed by atoms with Crippen LogP contribution in [0.25, 0.3) is 138 Å². The largest absolute Gasteiger partial charge is 0.452 e. The van der Waals surface area contributed by atoms with Crippen molar-refractivity contribution >= 4 is 121 Å². The normalized spacial score (nSPS) is 15.1. The van der Waals surface area contributed by atoms with Crippen molar-refractivity contribution in [3.63, 3.8) is 0 Å². The number of nitrogens with zero attached hydrogens (tertiary/aromatic N) is 5. The van der Waals surface area contributed by atoms with Crippen LogP contribution in [0.1, 0.15) is 218 Å². The highest BCUT2D eigenvalue weighted by atomic mass is 16.3. The van der Waals surface area contributed by atoms with Crippen molar-refractivity contribution in [1.82, 2.24) is 13.7 Å². The summed E-state index contributed by atoms with van der Waals surface area (Å²) in [6.45, 7) is 47.9. The minimum absolute atomic E-state index is 0.00138. The van der Waals surface area contributed by atoms with E-state index in [0.29, 0.717) is 33.9 Å². The van der Waals surface area contributed by atoms with E-state index < -0.39 is 54.3 Å². The molecule has 2 aliphatic heterocycles. The predicted molar refractivity (Wildman–Crippen MR) is 534 cm³/mol. The van der Waals surface area contributed by atoms with Crippen molar-refractivity contribution < 1.29 is 15.4 Å². The molecule has 19 aromatic rings. The second-order valence-corrected chi connectivity index (χ2v) is 42.5. The molecule has 1 unspecified atom stereocenters. The molecule has 620 valence electrons. The third kappa shape index (κ3) is 12.8. The molecule has 0 saturated heterocycles. The van der Waals surface area contributed by atoms with Gasteiger partial charge in [-0.3, -0.25) is 0 Å². The van der Waals surface area contributed by atoms with Crippen molar-refractivity contribution in [2.75, 3.05) is 9.80 Å². The van der Waals surface area contributed by atoms with Gasteiger partial charge in [-0.05, 0) is 225 Å². The quantitative estimate of drug-likeness (QED) is 0.152. The van der Waals surface area contributed by atoms with E-state index in [1.807, 2.05) is 0 Å². The monoisotopic (exact) mass is 1640 g/mol. The second kappa shape index (κ2) is 27.8. The van der Waals surface area contributed by atoms with Crippen LogP contribution >= 0.6 is 0 Å². The molecule has 2 aliphatic rings. The molecule has 0 aliphatic carbocycles. The Kier molecular flexibility index (Phi) is 15.7. The summed E-state index contributed by atoms with van der Waals surface area (Å²) in [4.78, 5) is 4.86. The minimum atomic E-state index is -0.580. The fraction of sp³-hybridized carbons (Fsp3) is 0.244. The molecular formula is C119H113N5O. The number of hydrogen-bond acceptors (Lipinski definition) is 3. The molecular weight excluding hydrogens is 1520 g/mol. The number of hydrogen-bond donors (Lipinski definition) is 0. The van der Waals surface area contributed by atoms with Crippen LogP contribution in [-0.4, -0.2) is 13.7 Å². The lowest BCUT2D eigenvalue weighted by Gasteiger charge is -2.46. The summed E-state index contributed by atoms with van der Waals surface area (Å²) in [5, 5.41) is 6.33. The zero-order valence-electron chi connectivity index (χ0n) is 83.9. The lowest BCUT2D eigenvalue weighted by atomic mass is 9.74. The highest BCUT2D eigenvalue weighted by Crippen LogP contribution is 2.65. The number of benzene rings is 15. The van der Waals surface area contributed by atoms with Crippen LogP contribution in [0, 0.1) is 0 Å². The highest BCUT2D eigenvalue weighted by molar-refractivity contribution is 6.18. The van der Waals surface area contributed by atoms with Gasteiger partial charge in [0.15, 0.2) is 11.2 Å². The molecule has 0 radical (unpaired) electrons. The van der Waals surface area contributed by atoms with Gasteiger partial charge >= 0.3 is 0 Å². The topological polar surface area (TPSA) is 34.4 Å². The van der Waals surface area contributed by atoms with E-state index in [1.165, 1.54) is 33.4 Å². The Morgan fingerprint density at radius 2 is 0.632 bits per heavy atom. The first kappa shape index (κ1) is 70.5. The Labute approximate surface area is 748 Å². The van der Waals surface area contributed by atoms with Gasteiger partial charge in [0, 0.05) is 71.4 Å². The van der Waals surface area contributed by atoms with Crippen LogP contribution in [-0.2, 0) is 37.9 Å². The molecule has 1 atom stereocenters. The van der Waals surface area contributed by atoms with Gasteiger partial charge in [-0.15, -0.1) is 0 Å². The summed E-state index contributed by atoms with van der Waals surface area (Å²) in [6.07, 6.45) is 0. The van der Waals surface area contributed by atoms with Gasteiger partial charge in [0.1, 0.15) is 0 Å². The number of aromatic nitrogens is 3. The van der Waals surface area contributed by atoms with Crippen LogP contribution in [0.15, 0.2) is 301 Å². The maximum atomic E-state index is 10.4. The third-order valence-corrected chi connectivity index (χ3v) is 26.9. The van der Waals surface area contributed by atoms with E-state index >= 15 is 0 Å². The molecule has 0 fully saturated rings. The van der Waals surface area contributed by atoms with Gasteiger partial charge in [-0.1, -0.05) is 327 Å². The Balaban J connectivity index is 0.965. The average molecular weight is 1640 g/mol. The Bertz CT molecular complexity index is 7900. The average Bonchev–Trinajstić information content (AvgIpc) is 1.67. The first-order valence-electron chi connectivity index (χ1n) is 48.4. The van der Waals surface area contributed by atoms with Crippen molar-refractivity contribution in [2.45, 2.75) is 189 Å². The SMILES string of the molecule is [2H]c1c([2H])c([2H])c2c(c1[2H])c1c([2H])c([2H])c([2H])c([2H])c1n2-c1cc2c3c(c1)N(c1cccc4c1oc1c(-n5c6ccc(C(C)(C)C)cc6c6cc(C(C)(C)C)ccc65)cccc14)c1cc(-c4cc(C(C)(C)C)cc(C(C)(C)C)c4)ccc1C3c1ccc(-n3c4ccc(C(C)(C)C)cc4c4cc(C(C)(C)C)ccc43)cc1N2c1c(-c2ccccc2)cc(C(C)(C)C)cc1-c1ccccc1. The van der Waals surface area contributed by atoms with Crippen LogP contribution in [0.5, 0.6) is 0 Å². The van der Waals surface area contributed by atoms with Gasteiger partial charge < -0.3 is 27.9 Å². The van der Waals surface area contributed by atoms with Crippen LogP contribution in [0.2, 0.25) is 0 Å². The molecule has 6 heteroatoms. The number of fused-ring (bicyclic) bond motifs is 16. The first-order valence-corrected chi connectivity index (χ1v) is 44.4. The van der Waals surface area contributed by atoms with Gasteiger partial charge in [-0.2, -0.15) is 0 Å². The van der Waals surface area contributed by atoms with E-state index in [0.717, 1.165) is 138 Å². The Morgan fingerprint density at radius 1 is 0.248 bits per heavy atom. The van der Waals surface area contributed by atoms with Gasteiger partial charge in [0.25, 0.3) is 0 Å². The second-order valence-electron chi connectivity index (χ2n) is 42.5. The minimum Gasteiger partial charge on any atom is -0.452 e. The standard InChI is InChI=1S/C119H113N5O/c1-113(2,3)75-47-54-98-92(62-75)93-63-76(114(4,5)6)48-55-99(93)120(98)82-51-53-89-105(68-82)124(110-90(71-34-24-22-25-35-71)66-81(119(19,20)21)67-91(110)72-36-26-23-27-37-72)107-70-83(121-96-42-30-28-38-84(96)85-39-29-31-43-97(85)121)69-106-109(107)108(89)88-52-46-73(74-58-79(117(13,14)15)61-80(59-74)118(16,17)18)60-104(88)123(106)103-45-33-41-87-86-40-32-44-102(111(86)125-112(87)103)122-100-56-49-77(115(7,8)9)64-94(100)95-65-78(116(10,11)12)50-57-101(95)122/h22-70,108H,1-21H3/i28D,29D,30D,31D,38D,39D,42D,43D. The molecule has 0 bridgehead atoms. The summed E-state index contributed by atoms with van der Waals surface area (Å²) in [5.41, 5.74) is 28.1. The van der Waals surface area contributed by atoms with Crippen molar-refractivity contribution in [3.8, 4) is 50.4 Å². The summed E-state index contributed by atoms with van der Waals surface area (Å²) >= 11 is 0. The molecule has 125 heavy (non-hydrogen) atoms. The van der Waals surface area contributed by atoms with E-state index in [4.69, 9.17) is 4.42 Å². The molecule has 0 spiro atoms. The van der Waals surface area contributed by atoms with Crippen molar-refractivity contribution in [1.29, 1.82) is 0 Å². The lowest BCUT2D eigenvalue weighted by molar-refractivity contribution is 0.569. The maximum absolute atomic E-state index is 10.4. The summed E-state index contributed by atoms with van der Waals surface area (Å²) in [7, 11) is 0. The first-order chi connectivity index (χ1) is 62.7. The summed E-state index contributed by atoms with van der Waals surface area (Å²) < 4.78 is 93.9. The lowest BCUT2D eigenvalue weighted by Crippen LogP contribution is -2.30. The van der Waals surface area contributed by atoms with E-state index in [9.17, 15) is 11.0 Å². The molecule has 6 heterocycles. The predicted octanol–water partition coefficient (Wildman–Crippen LogP) is 33.7. The smallest absolute Gasteiger partial charge is 0.159 e. The summed E-state index contributed by atoms with van der Waals surface area (Å²) in [6, 6.07) is 88.8. The van der Waals surface area contributed by atoms with E-state index in [1.54, 1.807) is 4.57 Å². The van der Waals surface area contributed by atoms with Gasteiger partial charge in [-0.25, -0.2) is 0 Å². The molecule has 0 N–H and O–H groups in total. The maximum Gasteiger partial charge on any atom is 0.159 e. The fourth-order valence-electron chi connectivity index (χ4n) is 19.8. The molecule has 0 amide bonds. The van der Waals surface area contributed by atoms with Crippen LogP contribution in [0.4, 0.5) is 34.1 Å². The Hall–Kier alpha value is -12.9. The number of para-hydroxylation sites is 4. The van der Waals surface area contributed by atoms with Crippen molar-refractivity contribution in [3.05, 3.63) is 353 Å². The zero-order valence-corrected chi connectivity index (χ0v) is 75.9. The molecule has 21 rings (SSSR count). The zero-order chi connectivity index (χ0) is 94.0. The van der Waals surface area contributed by atoms with Gasteiger partial charge in [0.05, 0.1) is 89.6 Å². The van der Waals surface area contributed by atoms with Gasteiger partial charge in [0.2, 0.25) is 0 Å². The third-order valence-electron chi connectivity index (χ3n) is 26.9. The van der Waals surface area contributed by atoms with E-state index in [2.05, 4.69) is 413 Å². The van der Waals surface area contributed by atoms with Crippen LogP contribution in [0.3, 0.4) is 0 Å². The molecule has 0 saturated carbocycles. The van der Waals surface area contributed by atoms with E-state index in [-0.39, 0.29) is 59.7 Å². The van der Waals surface area contributed by atoms with Crippen molar-refractivity contribution in [2.24, 2.45) is 0 Å². The van der Waals surface area contributed by atoms with Crippen LogP contribution < -0.4 is 9.80 Å². The fourth-order valence-corrected chi connectivity index (χ4v) is 19.8. The highest BCUT2D eigenvalue weighted by Gasteiger charge is 2.45. The number of anilines is 6.